The number of carbonyl (C=O) groups is 1. The molecule has 1 aromatic rings. The van der Waals surface area contributed by atoms with Gasteiger partial charge in [-0.1, -0.05) is 12.2 Å². The van der Waals surface area contributed by atoms with Gasteiger partial charge in [0.25, 0.3) is 5.91 Å². The molecule has 4 nitrogen and oxygen atoms in total. The molecule has 0 aromatic carbocycles. The van der Waals surface area contributed by atoms with E-state index < -0.39 is 0 Å². The summed E-state index contributed by atoms with van der Waals surface area (Å²) >= 11 is 0. The topological polar surface area (TPSA) is 68.3 Å². The van der Waals surface area contributed by atoms with Crippen molar-refractivity contribution in [3.8, 4) is 0 Å². The fourth-order valence-electron chi connectivity index (χ4n) is 0.827. The van der Waals surface area contributed by atoms with Crippen LogP contribution in [-0.4, -0.2) is 19.0 Å². The van der Waals surface area contributed by atoms with Gasteiger partial charge in [-0.15, -0.1) is 0 Å². The maximum atomic E-state index is 11.2. The molecule has 1 heterocycles. The number of rotatable bonds is 4. The van der Waals surface area contributed by atoms with Crippen LogP contribution in [0, 0.1) is 0 Å². The first-order valence-electron chi connectivity index (χ1n) is 4.00. The zero-order chi connectivity index (χ0) is 9.52. The van der Waals surface area contributed by atoms with E-state index in [2.05, 4.69) is 5.32 Å². The highest BCUT2D eigenvalue weighted by Gasteiger charge is 2.03. The molecule has 0 aliphatic heterocycles. The van der Waals surface area contributed by atoms with Crippen molar-refractivity contribution in [3.05, 3.63) is 36.3 Å². The van der Waals surface area contributed by atoms with E-state index in [1.165, 1.54) is 12.5 Å². The Kier molecular flexibility index (Phi) is 3.78. The average Bonchev–Trinajstić information content (AvgIpc) is 2.65. The molecular weight excluding hydrogens is 168 g/mol. The van der Waals surface area contributed by atoms with Gasteiger partial charge in [0.15, 0.2) is 0 Å². The van der Waals surface area contributed by atoms with Gasteiger partial charge in [-0.2, -0.15) is 0 Å². The highest BCUT2D eigenvalue weighted by atomic mass is 16.3. The number of nitrogens with one attached hydrogen (secondary N) is 1. The lowest BCUT2D eigenvalue weighted by atomic mass is 10.3. The second-order valence-electron chi connectivity index (χ2n) is 2.43. The number of amides is 1. The summed E-state index contributed by atoms with van der Waals surface area (Å²) < 4.78 is 4.76. The molecule has 0 atom stereocenters. The van der Waals surface area contributed by atoms with Crippen molar-refractivity contribution < 1.29 is 9.21 Å². The van der Waals surface area contributed by atoms with E-state index in [4.69, 9.17) is 10.2 Å². The maximum Gasteiger partial charge on any atom is 0.254 e. The summed E-state index contributed by atoms with van der Waals surface area (Å²) in [5, 5.41) is 2.68. The lowest BCUT2D eigenvalue weighted by Gasteiger charge is -1.97. The van der Waals surface area contributed by atoms with Gasteiger partial charge < -0.3 is 15.5 Å². The minimum Gasteiger partial charge on any atom is -0.472 e. The van der Waals surface area contributed by atoms with Gasteiger partial charge in [-0.25, -0.2) is 0 Å². The van der Waals surface area contributed by atoms with E-state index in [0.717, 1.165) is 0 Å². The van der Waals surface area contributed by atoms with Crippen LogP contribution in [0.4, 0.5) is 0 Å². The van der Waals surface area contributed by atoms with Crippen molar-refractivity contribution in [2.45, 2.75) is 0 Å². The number of hydrogen-bond acceptors (Lipinski definition) is 3. The fraction of sp³-hybridized carbons (Fsp3) is 0.222. The first-order chi connectivity index (χ1) is 6.34. The SMILES string of the molecule is NC/C=C/CNC(=O)c1ccoc1. The van der Waals surface area contributed by atoms with Gasteiger partial charge in [0.2, 0.25) is 0 Å². The average molecular weight is 180 g/mol. The minimum absolute atomic E-state index is 0.143. The summed E-state index contributed by atoms with van der Waals surface area (Å²) in [6, 6.07) is 1.61. The fourth-order valence-corrected chi connectivity index (χ4v) is 0.827. The van der Waals surface area contributed by atoms with Gasteiger partial charge >= 0.3 is 0 Å². The Balaban J connectivity index is 2.31. The van der Waals surface area contributed by atoms with Crippen molar-refractivity contribution in [1.82, 2.24) is 5.32 Å². The Labute approximate surface area is 76.4 Å². The lowest BCUT2D eigenvalue weighted by Crippen LogP contribution is -2.22. The molecule has 0 saturated heterocycles. The standard InChI is InChI=1S/C9H12N2O2/c10-4-1-2-5-11-9(12)8-3-6-13-7-8/h1-3,6-7H,4-5,10H2,(H,11,12)/b2-1+. The molecule has 3 N–H and O–H groups in total. The Bertz CT molecular complexity index is 278. The van der Waals surface area contributed by atoms with Gasteiger partial charge in [0.1, 0.15) is 6.26 Å². The zero-order valence-corrected chi connectivity index (χ0v) is 7.19. The third-order valence-electron chi connectivity index (χ3n) is 1.47. The second-order valence-corrected chi connectivity index (χ2v) is 2.43. The van der Waals surface area contributed by atoms with Crippen LogP contribution < -0.4 is 11.1 Å². The molecule has 13 heavy (non-hydrogen) atoms. The Morgan fingerprint density at radius 1 is 1.62 bits per heavy atom. The monoisotopic (exact) mass is 180 g/mol. The second kappa shape index (κ2) is 5.16. The minimum atomic E-state index is -0.143. The van der Waals surface area contributed by atoms with Crippen LogP contribution in [0.5, 0.6) is 0 Å². The number of carbonyl (C=O) groups excluding carboxylic acids is 1. The van der Waals surface area contributed by atoms with E-state index in [9.17, 15) is 4.79 Å². The molecule has 1 aromatic heterocycles. The zero-order valence-electron chi connectivity index (χ0n) is 7.19. The quantitative estimate of drug-likeness (QED) is 0.664. The maximum absolute atomic E-state index is 11.2. The predicted molar refractivity (Wildman–Crippen MR) is 49.2 cm³/mol. The summed E-state index contributed by atoms with van der Waals surface area (Å²) in [7, 11) is 0. The highest BCUT2D eigenvalue weighted by Crippen LogP contribution is 1.98. The third kappa shape index (κ3) is 3.13. The predicted octanol–water partition coefficient (Wildman–Crippen LogP) is 0.524. The summed E-state index contributed by atoms with van der Waals surface area (Å²) in [5.74, 6) is -0.143. The van der Waals surface area contributed by atoms with Gasteiger partial charge in [-0.3, -0.25) is 4.79 Å². The van der Waals surface area contributed by atoms with Crippen LogP contribution in [0.2, 0.25) is 0 Å². The summed E-state index contributed by atoms with van der Waals surface area (Å²) in [4.78, 5) is 11.2. The van der Waals surface area contributed by atoms with E-state index in [1.54, 1.807) is 18.2 Å². The first kappa shape index (κ1) is 9.54. The molecule has 0 aliphatic carbocycles. The highest BCUT2D eigenvalue weighted by molar-refractivity contribution is 5.93. The van der Waals surface area contributed by atoms with Crippen molar-refractivity contribution in [2.75, 3.05) is 13.1 Å². The smallest absolute Gasteiger partial charge is 0.254 e. The van der Waals surface area contributed by atoms with Crippen molar-refractivity contribution in [1.29, 1.82) is 0 Å². The molecule has 0 bridgehead atoms. The number of furan rings is 1. The van der Waals surface area contributed by atoms with E-state index in [1.807, 2.05) is 0 Å². The van der Waals surface area contributed by atoms with Crippen LogP contribution in [0.3, 0.4) is 0 Å². The normalized spacial score (nSPS) is 10.5. The molecule has 1 rings (SSSR count). The molecule has 0 radical (unpaired) electrons. The van der Waals surface area contributed by atoms with Crippen LogP contribution in [0.15, 0.2) is 35.2 Å². The molecule has 0 fully saturated rings. The first-order valence-corrected chi connectivity index (χ1v) is 4.00. The molecule has 0 unspecified atom stereocenters. The molecular formula is C9H12N2O2. The van der Waals surface area contributed by atoms with Crippen LogP contribution in [0.25, 0.3) is 0 Å². The lowest BCUT2D eigenvalue weighted by molar-refractivity contribution is 0.0957. The van der Waals surface area contributed by atoms with E-state index >= 15 is 0 Å². The molecule has 70 valence electrons. The Morgan fingerprint density at radius 2 is 2.46 bits per heavy atom. The molecule has 1 amide bonds. The Morgan fingerprint density at radius 3 is 3.08 bits per heavy atom. The van der Waals surface area contributed by atoms with Crippen molar-refractivity contribution in [2.24, 2.45) is 5.73 Å². The summed E-state index contributed by atoms with van der Waals surface area (Å²) in [5.41, 5.74) is 5.75. The summed E-state index contributed by atoms with van der Waals surface area (Å²) in [6.45, 7) is 0.975. The largest absolute Gasteiger partial charge is 0.472 e. The van der Waals surface area contributed by atoms with E-state index in [-0.39, 0.29) is 5.91 Å². The molecule has 4 heteroatoms. The van der Waals surface area contributed by atoms with E-state index in [0.29, 0.717) is 18.7 Å². The number of nitrogens with two attached hydrogens (primary N) is 1. The van der Waals surface area contributed by atoms with Gasteiger partial charge in [-0.05, 0) is 6.07 Å². The third-order valence-corrected chi connectivity index (χ3v) is 1.47. The molecule has 0 aliphatic rings. The molecule has 0 saturated carbocycles. The van der Waals surface area contributed by atoms with Crippen molar-refractivity contribution in [3.63, 3.8) is 0 Å². The Hall–Kier alpha value is -1.55. The van der Waals surface area contributed by atoms with Crippen molar-refractivity contribution >= 4 is 5.91 Å². The van der Waals surface area contributed by atoms with Crippen LogP contribution in [0.1, 0.15) is 10.4 Å². The summed E-state index contributed by atoms with van der Waals surface area (Å²) in [6.07, 6.45) is 6.46. The van der Waals surface area contributed by atoms with Crippen LogP contribution >= 0.6 is 0 Å². The van der Waals surface area contributed by atoms with Gasteiger partial charge in [0, 0.05) is 13.1 Å². The number of hydrogen-bond donors (Lipinski definition) is 2. The van der Waals surface area contributed by atoms with Gasteiger partial charge in [0.05, 0.1) is 11.8 Å². The van der Waals surface area contributed by atoms with Crippen LogP contribution in [-0.2, 0) is 0 Å². The molecule has 0 spiro atoms.